The molecule has 0 aliphatic heterocycles. The molecule has 0 bridgehead atoms. The quantitative estimate of drug-likeness (QED) is 0.868. The van der Waals surface area contributed by atoms with Gasteiger partial charge in [-0.15, -0.1) is 11.3 Å². The first-order valence-electron chi connectivity index (χ1n) is 5.76. The lowest BCUT2D eigenvalue weighted by Crippen LogP contribution is -2.37. The van der Waals surface area contributed by atoms with Crippen molar-refractivity contribution in [3.63, 3.8) is 0 Å². The van der Waals surface area contributed by atoms with E-state index < -0.39 is 11.6 Å². The third-order valence-electron chi connectivity index (χ3n) is 3.08. The predicted octanol–water partition coefficient (Wildman–Crippen LogP) is 2.52. The number of ether oxygens (including phenoxy) is 1. The SMILES string of the molecule is O=C(O)c1cc(OCC2(O)CCCCC2)cs1. The maximum atomic E-state index is 10.7. The smallest absolute Gasteiger partial charge is 0.346 e. The molecule has 1 aliphatic carbocycles. The van der Waals surface area contributed by atoms with Gasteiger partial charge in [0.2, 0.25) is 0 Å². The van der Waals surface area contributed by atoms with Crippen LogP contribution in [-0.2, 0) is 0 Å². The molecule has 0 saturated heterocycles. The van der Waals surface area contributed by atoms with Crippen LogP contribution in [-0.4, -0.2) is 28.4 Å². The van der Waals surface area contributed by atoms with Crippen LogP contribution in [0.15, 0.2) is 11.4 Å². The number of hydrogen-bond donors (Lipinski definition) is 2. The number of aromatic carboxylic acids is 1. The molecule has 2 rings (SSSR count). The number of carboxylic acid groups (broad SMARTS) is 1. The van der Waals surface area contributed by atoms with Crippen LogP contribution < -0.4 is 4.74 Å². The largest absolute Gasteiger partial charge is 0.490 e. The third kappa shape index (κ3) is 3.20. The summed E-state index contributed by atoms with van der Waals surface area (Å²) >= 11 is 1.14. The third-order valence-corrected chi connectivity index (χ3v) is 3.97. The molecule has 4 nitrogen and oxygen atoms in total. The van der Waals surface area contributed by atoms with Gasteiger partial charge in [0.15, 0.2) is 0 Å². The topological polar surface area (TPSA) is 66.8 Å². The Labute approximate surface area is 104 Å². The van der Waals surface area contributed by atoms with Gasteiger partial charge < -0.3 is 14.9 Å². The molecular formula is C12H16O4S. The van der Waals surface area contributed by atoms with Crippen LogP contribution in [0.3, 0.4) is 0 Å². The van der Waals surface area contributed by atoms with Gasteiger partial charge >= 0.3 is 5.97 Å². The Hall–Kier alpha value is -1.07. The molecule has 1 saturated carbocycles. The van der Waals surface area contributed by atoms with Gasteiger partial charge in [-0.2, -0.15) is 0 Å². The molecule has 17 heavy (non-hydrogen) atoms. The standard InChI is InChI=1S/C12H16O4S/c13-11(14)10-6-9(7-17-10)16-8-12(15)4-2-1-3-5-12/h6-7,15H,1-5,8H2,(H,13,14). The van der Waals surface area contributed by atoms with Crippen LogP contribution in [0.2, 0.25) is 0 Å². The average molecular weight is 256 g/mol. The lowest BCUT2D eigenvalue weighted by molar-refractivity contribution is -0.0338. The Morgan fingerprint density at radius 3 is 2.71 bits per heavy atom. The van der Waals surface area contributed by atoms with E-state index in [0.29, 0.717) is 5.75 Å². The highest BCUT2D eigenvalue weighted by atomic mass is 32.1. The van der Waals surface area contributed by atoms with Gasteiger partial charge in [-0.25, -0.2) is 4.79 Å². The lowest BCUT2D eigenvalue weighted by atomic mass is 9.86. The Morgan fingerprint density at radius 2 is 2.12 bits per heavy atom. The fourth-order valence-corrected chi connectivity index (χ4v) is 2.74. The summed E-state index contributed by atoms with van der Waals surface area (Å²) < 4.78 is 5.48. The van der Waals surface area contributed by atoms with E-state index in [2.05, 4.69) is 0 Å². The van der Waals surface area contributed by atoms with Gasteiger partial charge in [0.1, 0.15) is 17.2 Å². The summed E-state index contributed by atoms with van der Waals surface area (Å²) in [6.45, 7) is 0.253. The highest BCUT2D eigenvalue weighted by Gasteiger charge is 2.30. The van der Waals surface area contributed by atoms with Crippen molar-refractivity contribution in [1.29, 1.82) is 0 Å². The highest BCUT2D eigenvalue weighted by Crippen LogP contribution is 2.29. The molecule has 0 atom stereocenters. The van der Waals surface area contributed by atoms with Crippen LogP contribution in [0.5, 0.6) is 5.75 Å². The van der Waals surface area contributed by atoms with E-state index >= 15 is 0 Å². The van der Waals surface area contributed by atoms with Crippen molar-refractivity contribution in [3.05, 3.63) is 16.3 Å². The Kier molecular flexibility index (Phi) is 3.69. The van der Waals surface area contributed by atoms with E-state index in [9.17, 15) is 9.90 Å². The second kappa shape index (κ2) is 5.06. The van der Waals surface area contributed by atoms with E-state index in [1.807, 2.05) is 0 Å². The summed E-state index contributed by atoms with van der Waals surface area (Å²) in [7, 11) is 0. The highest BCUT2D eigenvalue weighted by molar-refractivity contribution is 7.12. The van der Waals surface area contributed by atoms with E-state index in [1.165, 1.54) is 12.5 Å². The fraction of sp³-hybridized carbons (Fsp3) is 0.583. The lowest BCUT2D eigenvalue weighted by Gasteiger charge is -2.31. The molecule has 1 aliphatic rings. The zero-order chi connectivity index (χ0) is 12.3. The second-order valence-corrected chi connectivity index (χ2v) is 5.44. The summed E-state index contributed by atoms with van der Waals surface area (Å²) in [4.78, 5) is 10.9. The first-order valence-corrected chi connectivity index (χ1v) is 6.64. The molecule has 1 fully saturated rings. The molecule has 0 spiro atoms. The van der Waals surface area contributed by atoms with Crippen molar-refractivity contribution in [2.75, 3.05) is 6.61 Å². The first-order chi connectivity index (χ1) is 8.09. The van der Waals surface area contributed by atoms with Gasteiger partial charge in [-0.3, -0.25) is 0 Å². The van der Waals surface area contributed by atoms with E-state index in [-0.39, 0.29) is 11.5 Å². The fourth-order valence-electron chi connectivity index (χ4n) is 2.08. The summed E-state index contributed by atoms with van der Waals surface area (Å²) in [6.07, 6.45) is 4.77. The van der Waals surface area contributed by atoms with Gasteiger partial charge in [0.05, 0.1) is 5.60 Å². The molecule has 1 aromatic rings. The molecule has 1 heterocycles. The van der Waals surface area contributed by atoms with Crippen molar-refractivity contribution in [2.45, 2.75) is 37.7 Å². The zero-order valence-corrected chi connectivity index (χ0v) is 10.3. The summed E-state index contributed by atoms with van der Waals surface area (Å²) in [5, 5.41) is 20.6. The number of carbonyl (C=O) groups is 1. The Balaban J connectivity index is 1.90. The van der Waals surface area contributed by atoms with Crippen LogP contribution in [0.4, 0.5) is 0 Å². The van der Waals surface area contributed by atoms with Gasteiger partial charge in [-0.05, 0) is 12.8 Å². The first kappa shape index (κ1) is 12.4. The van der Waals surface area contributed by atoms with Crippen molar-refractivity contribution in [3.8, 4) is 5.75 Å². The molecule has 2 N–H and O–H groups in total. The summed E-state index contributed by atoms with van der Waals surface area (Å²) in [5.41, 5.74) is -0.733. The van der Waals surface area contributed by atoms with Crippen LogP contribution in [0.25, 0.3) is 0 Å². The molecule has 94 valence electrons. The van der Waals surface area contributed by atoms with Gasteiger partial charge in [0.25, 0.3) is 0 Å². The molecule has 0 amide bonds. The summed E-state index contributed by atoms with van der Waals surface area (Å²) in [5.74, 6) is -0.410. The Bertz CT molecular complexity index is 393. The van der Waals surface area contributed by atoms with Crippen LogP contribution in [0, 0.1) is 0 Å². The number of carboxylic acids is 1. The van der Waals surface area contributed by atoms with E-state index in [4.69, 9.17) is 9.84 Å². The van der Waals surface area contributed by atoms with Crippen molar-refractivity contribution < 1.29 is 19.7 Å². The molecule has 1 aromatic heterocycles. The average Bonchev–Trinajstić information content (AvgIpc) is 2.76. The Morgan fingerprint density at radius 1 is 1.41 bits per heavy atom. The second-order valence-electron chi connectivity index (χ2n) is 4.53. The molecule has 0 unspecified atom stereocenters. The maximum Gasteiger partial charge on any atom is 0.346 e. The minimum atomic E-state index is -0.943. The van der Waals surface area contributed by atoms with Crippen LogP contribution in [0.1, 0.15) is 41.8 Å². The monoisotopic (exact) mass is 256 g/mol. The van der Waals surface area contributed by atoms with Gasteiger partial charge in [-0.1, -0.05) is 19.3 Å². The van der Waals surface area contributed by atoms with Crippen molar-refractivity contribution in [1.82, 2.24) is 0 Å². The van der Waals surface area contributed by atoms with E-state index in [0.717, 1.165) is 37.0 Å². The zero-order valence-electron chi connectivity index (χ0n) is 9.52. The minimum Gasteiger partial charge on any atom is -0.490 e. The minimum absolute atomic E-state index is 0.253. The maximum absolute atomic E-state index is 10.7. The predicted molar refractivity (Wildman–Crippen MR) is 64.8 cm³/mol. The molecule has 5 heteroatoms. The molecular weight excluding hydrogens is 240 g/mol. The van der Waals surface area contributed by atoms with Crippen molar-refractivity contribution in [2.24, 2.45) is 0 Å². The molecule has 0 aromatic carbocycles. The summed E-state index contributed by atoms with van der Waals surface area (Å²) in [6, 6.07) is 1.50. The normalized spacial score (nSPS) is 18.9. The van der Waals surface area contributed by atoms with Crippen LogP contribution >= 0.6 is 11.3 Å². The van der Waals surface area contributed by atoms with E-state index in [1.54, 1.807) is 5.38 Å². The number of thiophene rings is 1. The van der Waals surface area contributed by atoms with Crippen molar-refractivity contribution >= 4 is 17.3 Å². The number of hydrogen-bond acceptors (Lipinski definition) is 4. The number of aliphatic hydroxyl groups is 1. The number of rotatable bonds is 4. The molecule has 0 radical (unpaired) electrons. The van der Waals surface area contributed by atoms with Gasteiger partial charge in [0, 0.05) is 11.4 Å².